The van der Waals surface area contributed by atoms with Crippen LogP contribution in [0.3, 0.4) is 0 Å². The molecule has 1 aromatic heterocycles. The minimum atomic E-state index is 0.337. The molecule has 1 rings (SSSR count). The van der Waals surface area contributed by atoms with Gasteiger partial charge in [0.2, 0.25) is 0 Å². The predicted octanol–water partition coefficient (Wildman–Crippen LogP) is 1.30. The van der Waals surface area contributed by atoms with Gasteiger partial charge >= 0.3 is 0 Å². The van der Waals surface area contributed by atoms with E-state index >= 15 is 0 Å². The van der Waals surface area contributed by atoms with Crippen LogP contribution in [0.4, 0.5) is 0 Å². The third-order valence-corrected chi connectivity index (χ3v) is 1.28. The molecule has 0 fully saturated rings. The summed E-state index contributed by atoms with van der Waals surface area (Å²) in [7, 11) is 0. The van der Waals surface area contributed by atoms with Crippen LogP contribution >= 0.6 is 0 Å². The molecule has 0 saturated carbocycles. The molecule has 0 atom stereocenters. The normalized spacial score (nSPS) is 11.7. The van der Waals surface area contributed by atoms with Gasteiger partial charge in [0.25, 0.3) is 0 Å². The molecule has 0 N–H and O–H groups in total. The average molecular weight is 162 g/mol. The van der Waals surface area contributed by atoms with Gasteiger partial charge in [-0.05, 0) is 12.0 Å². The Bertz CT molecular complexity index is 302. The lowest BCUT2D eigenvalue weighted by Gasteiger charge is -1.98. The molecule has 4 heteroatoms. The standard InChI is InChI=1S/C8H10N4/c1-7(2)5-8(6-9)12-4-3-10-11-12/h3-5,7H,1-2H3/b8-5+. The van der Waals surface area contributed by atoms with Crippen LogP contribution < -0.4 is 0 Å². The maximum Gasteiger partial charge on any atom is 0.140 e. The summed E-state index contributed by atoms with van der Waals surface area (Å²) in [5, 5.41) is 16.1. The monoisotopic (exact) mass is 162 g/mol. The van der Waals surface area contributed by atoms with E-state index in [1.807, 2.05) is 19.9 Å². The minimum absolute atomic E-state index is 0.337. The molecule has 0 amide bonds. The summed E-state index contributed by atoms with van der Waals surface area (Å²) in [5.41, 5.74) is 0.516. The van der Waals surface area contributed by atoms with Crippen LogP contribution in [0.25, 0.3) is 5.70 Å². The summed E-state index contributed by atoms with van der Waals surface area (Å²) in [4.78, 5) is 0. The van der Waals surface area contributed by atoms with E-state index in [0.717, 1.165) is 0 Å². The average Bonchev–Trinajstić information content (AvgIpc) is 2.51. The third-order valence-electron chi connectivity index (χ3n) is 1.28. The summed E-state index contributed by atoms with van der Waals surface area (Å²) in [6.45, 7) is 4.02. The van der Waals surface area contributed by atoms with Crippen molar-refractivity contribution in [3.8, 4) is 6.07 Å². The van der Waals surface area contributed by atoms with Crippen molar-refractivity contribution < 1.29 is 0 Å². The largest absolute Gasteiger partial charge is 0.210 e. The Hall–Kier alpha value is -1.63. The molecule has 0 aliphatic heterocycles. The fourth-order valence-corrected chi connectivity index (χ4v) is 0.817. The Balaban J connectivity index is 2.93. The van der Waals surface area contributed by atoms with Gasteiger partial charge in [-0.3, -0.25) is 0 Å². The Morgan fingerprint density at radius 1 is 1.67 bits per heavy atom. The van der Waals surface area contributed by atoms with Crippen LogP contribution in [-0.4, -0.2) is 15.0 Å². The first-order valence-electron chi connectivity index (χ1n) is 3.72. The van der Waals surface area contributed by atoms with E-state index in [2.05, 4.69) is 16.4 Å². The molecule has 12 heavy (non-hydrogen) atoms. The first-order chi connectivity index (χ1) is 5.74. The van der Waals surface area contributed by atoms with Crippen LogP contribution in [0, 0.1) is 17.2 Å². The molecule has 1 aromatic rings. The number of nitriles is 1. The summed E-state index contributed by atoms with van der Waals surface area (Å²) >= 11 is 0. The fourth-order valence-electron chi connectivity index (χ4n) is 0.817. The van der Waals surface area contributed by atoms with Gasteiger partial charge in [-0.2, -0.15) is 5.26 Å². The SMILES string of the molecule is CC(C)/C=C(\C#N)n1ccnn1. The van der Waals surface area contributed by atoms with E-state index in [4.69, 9.17) is 5.26 Å². The summed E-state index contributed by atoms with van der Waals surface area (Å²) in [6.07, 6.45) is 5.04. The van der Waals surface area contributed by atoms with Crippen LogP contribution in [0.1, 0.15) is 13.8 Å². The second-order valence-electron chi connectivity index (χ2n) is 2.76. The molecule has 62 valence electrons. The number of hydrogen-bond donors (Lipinski definition) is 0. The van der Waals surface area contributed by atoms with Crippen molar-refractivity contribution in [1.82, 2.24) is 15.0 Å². The molecule has 0 saturated heterocycles. The molecule has 1 heterocycles. The zero-order valence-electron chi connectivity index (χ0n) is 7.10. The highest BCUT2D eigenvalue weighted by Gasteiger charge is 1.99. The molecule has 4 nitrogen and oxygen atoms in total. The smallest absolute Gasteiger partial charge is 0.140 e. The van der Waals surface area contributed by atoms with E-state index < -0.39 is 0 Å². The number of allylic oxidation sites excluding steroid dienone is 2. The van der Waals surface area contributed by atoms with Crippen molar-refractivity contribution >= 4 is 5.70 Å². The van der Waals surface area contributed by atoms with Crippen LogP contribution in [0.15, 0.2) is 18.5 Å². The van der Waals surface area contributed by atoms with Gasteiger partial charge in [0, 0.05) is 0 Å². The molecule has 0 spiro atoms. The van der Waals surface area contributed by atoms with Crippen LogP contribution in [0.5, 0.6) is 0 Å². The molecular weight excluding hydrogens is 152 g/mol. The minimum Gasteiger partial charge on any atom is -0.210 e. The van der Waals surface area contributed by atoms with Crippen molar-refractivity contribution in [2.24, 2.45) is 5.92 Å². The lowest BCUT2D eigenvalue weighted by molar-refractivity contribution is 0.791. The number of hydrogen-bond acceptors (Lipinski definition) is 3. The predicted molar refractivity (Wildman–Crippen MR) is 44.7 cm³/mol. The van der Waals surface area contributed by atoms with Crippen LogP contribution in [0.2, 0.25) is 0 Å². The number of rotatable bonds is 2. The van der Waals surface area contributed by atoms with E-state index in [0.29, 0.717) is 11.6 Å². The van der Waals surface area contributed by atoms with Gasteiger partial charge in [-0.15, -0.1) is 5.10 Å². The van der Waals surface area contributed by atoms with E-state index in [1.54, 1.807) is 12.4 Å². The topological polar surface area (TPSA) is 54.5 Å². The van der Waals surface area contributed by atoms with E-state index in [9.17, 15) is 0 Å². The van der Waals surface area contributed by atoms with E-state index in [-0.39, 0.29) is 0 Å². The highest BCUT2D eigenvalue weighted by atomic mass is 15.4. The number of nitrogens with zero attached hydrogens (tertiary/aromatic N) is 4. The maximum atomic E-state index is 8.74. The molecule has 0 aliphatic rings. The Labute approximate surface area is 71.1 Å². The van der Waals surface area contributed by atoms with Gasteiger partial charge in [-0.25, -0.2) is 4.68 Å². The van der Waals surface area contributed by atoms with E-state index in [1.165, 1.54) is 4.68 Å². The Morgan fingerprint density at radius 3 is 2.83 bits per heavy atom. The number of aromatic nitrogens is 3. The van der Waals surface area contributed by atoms with Crippen LogP contribution in [-0.2, 0) is 0 Å². The van der Waals surface area contributed by atoms with Gasteiger partial charge in [0.05, 0.1) is 12.4 Å². The first kappa shape index (κ1) is 8.47. The summed E-state index contributed by atoms with van der Waals surface area (Å²) < 4.78 is 1.46. The molecule has 0 aromatic carbocycles. The second-order valence-corrected chi connectivity index (χ2v) is 2.76. The molecule has 0 radical (unpaired) electrons. The van der Waals surface area contributed by atoms with Gasteiger partial charge in [0.1, 0.15) is 11.8 Å². The lowest BCUT2D eigenvalue weighted by atomic mass is 10.2. The van der Waals surface area contributed by atoms with Crippen molar-refractivity contribution in [1.29, 1.82) is 5.26 Å². The first-order valence-corrected chi connectivity index (χ1v) is 3.72. The molecular formula is C8H10N4. The fraction of sp³-hybridized carbons (Fsp3) is 0.375. The van der Waals surface area contributed by atoms with Gasteiger partial charge < -0.3 is 0 Å². The van der Waals surface area contributed by atoms with Gasteiger partial charge in [-0.1, -0.05) is 19.1 Å². The van der Waals surface area contributed by atoms with Crippen molar-refractivity contribution in [2.45, 2.75) is 13.8 Å². The van der Waals surface area contributed by atoms with Gasteiger partial charge in [0.15, 0.2) is 0 Å². The quantitative estimate of drug-likeness (QED) is 0.616. The van der Waals surface area contributed by atoms with Crippen molar-refractivity contribution in [3.05, 3.63) is 18.5 Å². The molecule has 0 bridgehead atoms. The Morgan fingerprint density at radius 2 is 2.42 bits per heavy atom. The zero-order chi connectivity index (χ0) is 8.97. The second kappa shape index (κ2) is 3.67. The zero-order valence-corrected chi connectivity index (χ0v) is 7.10. The molecule has 0 unspecified atom stereocenters. The highest BCUT2D eigenvalue weighted by molar-refractivity contribution is 5.59. The highest BCUT2D eigenvalue weighted by Crippen LogP contribution is 2.04. The Kier molecular flexibility index (Phi) is 2.59. The maximum absolute atomic E-state index is 8.74. The van der Waals surface area contributed by atoms with Crippen molar-refractivity contribution in [2.75, 3.05) is 0 Å². The third kappa shape index (κ3) is 1.92. The molecule has 0 aliphatic carbocycles. The lowest BCUT2D eigenvalue weighted by Crippen LogP contribution is -1.97. The van der Waals surface area contributed by atoms with Crippen molar-refractivity contribution in [3.63, 3.8) is 0 Å². The summed E-state index contributed by atoms with van der Waals surface area (Å²) in [6, 6.07) is 2.06. The summed E-state index contributed by atoms with van der Waals surface area (Å²) in [5.74, 6) is 0.337.